The van der Waals surface area contributed by atoms with Crippen LogP contribution in [0.3, 0.4) is 0 Å². The standard InChI is InChI=1S/C27H19N3O2S/c31-25(18-8-2-1-3-9-18)28-20-16-14-19(15-17-20)26(32)29-22-11-5-4-10-21(22)27-30-23-12-6-7-13-24(23)33-27/h1-17H,(H,28,31)(H,29,32). The van der Waals surface area contributed by atoms with E-state index in [1.807, 2.05) is 66.7 Å². The average molecular weight is 450 g/mol. The average Bonchev–Trinajstić information content (AvgIpc) is 3.29. The molecule has 0 aliphatic carbocycles. The number of rotatable bonds is 5. The van der Waals surface area contributed by atoms with Gasteiger partial charge in [0.15, 0.2) is 0 Å². The SMILES string of the molecule is O=C(Nc1ccc(C(=O)Nc2ccccc2-c2nc3ccccc3s2)cc1)c1ccccc1. The van der Waals surface area contributed by atoms with Gasteiger partial charge in [-0.25, -0.2) is 4.98 Å². The molecule has 0 radical (unpaired) electrons. The Balaban J connectivity index is 1.32. The largest absolute Gasteiger partial charge is 0.322 e. The molecule has 1 heterocycles. The third-order valence-electron chi connectivity index (χ3n) is 5.14. The number of thiazole rings is 1. The number of carbonyl (C=O) groups excluding carboxylic acids is 2. The van der Waals surface area contributed by atoms with Crippen LogP contribution in [0.5, 0.6) is 0 Å². The first kappa shape index (κ1) is 20.6. The molecule has 4 aromatic carbocycles. The zero-order chi connectivity index (χ0) is 22.6. The van der Waals surface area contributed by atoms with Crippen LogP contribution in [-0.2, 0) is 0 Å². The van der Waals surface area contributed by atoms with E-state index in [0.717, 1.165) is 20.8 Å². The van der Waals surface area contributed by atoms with Crippen LogP contribution >= 0.6 is 11.3 Å². The van der Waals surface area contributed by atoms with Gasteiger partial charge in [0.1, 0.15) is 5.01 Å². The Morgan fingerprint density at radius 1 is 0.636 bits per heavy atom. The van der Waals surface area contributed by atoms with Crippen LogP contribution in [-0.4, -0.2) is 16.8 Å². The molecule has 5 aromatic rings. The number of benzene rings is 4. The van der Waals surface area contributed by atoms with Gasteiger partial charge in [-0.15, -0.1) is 11.3 Å². The van der Waals surface area contributed by atoms with Crippen LogP contribution in [0.2, 0.25) is 0 Å². The molecular weight excluding hydrogens is 430 g/mol. The van der Waals surface area contributed by atoms with Crippen LogP contribution in [0.15, 0.2) is 103 Å². The summed E-state index contributed by atoms with van der Waals surface area (Å²) in [5.41, 5.74) is 4.20. The number of amides is 2. The summed E-state index contributed by atoms with van der Waals surface area (Å²) in [4.78, 5) is 29.9. The minimum Gasteiger partial charge on any atom is -0.322 e. The Morgan fingerprint density at radius 2 is 1.27 bits per heavy atom. The number of hydrogen-bond acceptors (Lipinski definition) is 4. The first-order chi connectivity index (χ1) is 16.2. The van der Waals surface area contributed by atoms with Gasteiger partial charge in [0.25, 0.3) is 11.8 Å². The quantitative estimate of drug-likeness (QED) is 0.323. The zero-order valence-electron chi connectivity index (χ0n) is 17.5. The highest BCUT2D eigenvalue weighted by Crippen LogP contribution is 2.34. The molecule has 33 heavy (non-hydrogen) atoms. The van der Waals surface area contributed by atoms with E-state index in [1.54, 1.807) is 47.7 Å². The van der Waals surface area contributed by atoms with Gasteiger partial charge in [0.2, 0.25) is 0 Å². The lowest BCUT2D eigenvalue weighted by atomic mass is 10.1. The fraction of sp³-hybridized carbons (Fsp3) is 0. The predicted molar refractivity (Wildman–Crippen MR) is 134 cm³/mol. The first-order valence-corrected chi connectivity index (χ1v) is 11.2. The van der Waals surface area contributed by atoms with E-state index in [4.69, 9.17) is 4.98 Å². The van der Waals surface area contributed by atoms with E-state index in [1.165, 1.54) is 0 Å². The normalized spacial score (nSPS) is 10.7. The number of fused-ring (bicyclic) bond motifs is 1. The van der Waals surface area contributed by atoms with E-state index in [-0.39, 0.29) is 11.8 Å². The Morgan fingerprint density at radius 3 is 2.06 bits per heavy atom. The minimum absolute atomic E-state index is 0.197. The van der Waals surface area contributed by atoms with Crippen molar-refractivity contribution in [3.63, 3.8) is 0 Å². The number of para-hydroxylation sites is 2. The van der Waals surface area contributed by atoms with Gasteiger partial charge in [-0.2, -0.15) is 0 Å². The topological polar surface area (TPSA) is 71.1 Å². The summed E-state index contributed by atoms with van der Waals surface area (Å²) in [5.74, 6) is -0.429. The Hall–Kier alpha value is -4.29. The number of carbonyl (C=O) groups is 2. The second-order valence-electron chi connectivity index (χ2n) is 7.38. The highest BCUT2D eigenvalue weighted by atomic mass is 32.1. The van der Waals surface area contributed by atoms with Gasteiger partial charge in [-0.1, -0.05) is 42.5 Å². The molecule has 5 rings (SSSR count). The molecule has 0 saturated heterocycles. The van der Waals surface area contributed by atoms with Crippen molar-refractivity contribution in [2.24, 2.45) is 0 Å². The molecule has 1 aromatic heterocycles. The number of nitrogens with zero attached hydrogens (tertiary/aromatic N) is 1. The molecule has 6 heteroatoms. The van der Waals surface area contributed by atoms with Crippen molar-refractivity contribution in [2.45, 2.75) is 0 Å². The van der Waals surface area contributed by atoms with E-state index in [0.29, 0.717) is 22.5 Å². The molecule has 2 N–H and O–H groups in total. The molecule has 0 saturated carbocycles. The van der Waals surface area contributed by atoms with Crippen molar-refractivity contribution >= 4 is 44.7 Å². The molecule has 0 unspecified atom stereocenters. The highest BCUT2D eigenvalue weighted by molar-refractivity contribution is 7.21. The van der Waals surface area contributed by atoms with Crippen molar-refractivity contribution in [3.8, 4) is 10.6 Å². The van der Waals surface area contributed by atoms with Crippen LogP contribution < -0.4 is 10.6 Å². The van der Waals surface area contributed by atoms with Crippen molar-refractivity contribution in [1.29, 1.82) is 0 Å². The second kappa shape index (κ2) is 9.06. The van der Waals surface area contributed by atoms with Gasteiger partial charge in [-0.05, 0) is 60.7 Å². The second-order valence-corrected chi connectivity index (χ2v) is 8.41. The van der Waals surface area contributed by atoms with Crippen LogP contribution in [0.25, 0.3) is 20.8 Å². The predicted octanol–water partition coefficient (Wildman–Crippen LogP) is 6.47. The number of hydrogen-bond donors (Lipinski definition) is 2. The summed E-state index contributed by atoms with van der Waals surface area (Å²) >= 11 is 1.59. The van der Waals surface area contributed by atoms with Gasteiger partial charge >= 0.3 is 0 Å². The lowest BCUT2D eigenvalue weighted by Gasteiger charge is -2.10. The van der Waals surface area contributed by atoms with Crippen molar-refractivity contribution in [2.75, 3.05) is 10.6 Å². The molecule has 0 fully saturated rings. The molecule has 0 aliphatic heterocycles. The molecule has 0 bridgehead atoms. The zero-order valence-corrected chi connectivity index (χ0v) is 18.3. The van der Waals surface area contributed by atoms with E-state index >= 15 is 0 Å². The Bertz CT molecular complexity index is 1410. The molecule has 0 spiro atoms. The van der Waals surface area contributed by atoms with Crippen molar-refractivity contribution in [3.05, 3.63) is 114 Å². The smallest absolute Gasteiger partial charge is 0.255 e. The maximum Gasteiger partial charge on any atom is 0.255 e. The molecule has 0 aliphatic rings. The fourth-order valence-electron chi connectivity index (χ4n) is 3.46. The lowest BCUT2D eigenvalue weighted by Crippen LogP contribution is -2.14. The summed E-state index contributed by atoms with van der Waals surface area (Å²) in [7, 11) is 0. The summed E-state index contributed by atoms with van der Waals surface area (Å²) in [6, 6.07) is 31.4. The van der Waals surface area contributed by atoms with Crippen molar-refractivity contribution in [1.82, 2.24) is 4.98 Å². The third kappa shape index (κ3) is 4.51. The summed E-state index contributed by atoms with van der Waals surface area (Å²) < 4.78 is 1.10. The van der Waals surface area contributed by atoms with Crippen molar-refractivity contribution < 1.29 is 9.59 Å². The van der Waals surface area contributed by atoms with E-state index < -0.39 is 0 Å². The molecule has 5 nitrogen and oxygen atoms in total. The Labute approximate surface area is 194 Å². The first-order valence-electron chi connectivity index (χ1n) is 10.4. The lowest BCUT2D eigenvalue weighted by molar-refractivity contribution is 0.102. The van der Waals surface area contributed by atoms with Gasteiger partial charge in [-0.3, -0.25) is 9.59 Å². The van der Waals surface area contributed by atoms with Crippen LogP contribution in [0, 0.1) is 0 Å². The van der Waals surface area contributed by atoms with Gasteiger partial charge in [0, 0.05) is 22.4 Å². The van der Waals surface area contributed by atoms with Gasteiger partial charge in [0.05, 0.1) is 15.9 Å². The highest BCUT2D eigenvalue weighted by Gasteiger charge is 2.14. The summed E-state index contributed by atoms with van der Waals surface area (Å²) in [5, 5.41) is 6.69. The van der Waals surface area contributed by atoms with E-state index in [2.05, 4.69) is 10.6 Å². The molecule has 160 valence electrons. The monoisotopic (exact) mass is 449 g/mol. The maximum atomic E-state index is 12.9. The summed E-state index contributed by atoms with van der Waals surface area (Å²) in [6.07, 6.45) is 0. The Kier molecular flexibility index (Phi) is 5.66. The van der Waals surface area contributed by atoms with E-state index in [9.17, 15) is 9.59 Å². The molecule has 0 atom stereocenters. The third-order valence-corrected chi connectivity index (χ3v) is 6.21. The maximum absolute atomic E-state index is 12.9. The number of aromatic nitrogens is 1. The minimum atomic E-state index is -0.232. The number of anilines is 2. The fourth-order valence-corrected chi connectivity index (χ4v) is 4.46. The number of nitrogens with one attached hydrogen (secondary N) is 2. The van der Waals surface area contributed by atoms with Crippen LogP contribution in [0.4, 0.5) is 11.4 Å². The van der Waals surface area contributed by atoms with Gasteiger partial charge < -0.3 is 10.6 Å². The molecular formula is C27H19N3O2S. The summed E-state index contributed by atoms with van der Waals surface area (Å²) in [6.45, 7) is 0. The van der Waals surface area contributed by atoms with Crippen LogP contribution in [0.1, 0.15) is 20.7 Å². The molecule has 2 amide bonds.